The molecule has 1 aromatic carbocycles. The second-order valence-corrected chi connectivity index (χ2v) is 8.76. The minimum atomic E-state index is -3.94. The molecular weight excluding hydrogens is 351 g/mol. The fourth-order valence-corrected chi connectivity index (χ4v) is 3.82. The lowest BCUT2D eigenvalue weighted by Gasteiger charge is -2.36. The van der Waals surface area contributed by atoms with E-state index >= 15 is 0 Å². The lowest BCUT2D eigenvalue weighted by atomic mass is 10.1. The number of anilines is 1. The summed E-state index contributed by atoms with van der Waals surface area (Å²) in [6.45, 7) is 9.84. The van der Waals surface area contributed by atoms with E-state index in [1.807, 2.05) is 0 Å². The zero-order valence-corrected chi connectivity index (χ0v) is 16.5. The quantitative estimate of drug-likeness (QED) is 0.770. The van der Waals surface area contributed by atoms with Gasteiger partial charge in [-0.15, -0.1) is 0 Å². The third kappa shape index (κ3) is 4.41. The molecule has 1 fully saturated rings. The molecule has 1 saturated heterocycles. The van der Waals surface area contributed by atoms with Crippen LogP contribution in [0, 0.1) is 13.8 Å². The van der Waals surface area contributed by atoms with Gasteiger partial charge in [-0.2, -0.15) is 0 Å². The van der Waals surface area contributed by atoms with Crippen molar-refractivity contribution in [3.63, 3.8) is 0 Å². The zero-order valence-electron chi connectivity index (χ0n) is 15.6. The first-order chi connectivity index (χ1) is 12.3. The van der Waals surface area contributed by atoms with E-state index in [0.717, 1.165) is 55.1 Å². The molecule has 1 aliphatic heterocycles. The molecule has 2 N–H and O–H groups in total. The van der Waals surface area contributed by atoms with Crippen LogP contribution in [-0.2, 0) is 11.0 Å². The van der Waals surface area contributed by atoms with Gasteiger partial charge in [0, 0.05) is 44.5 Å². The molecule has 8 heteroatoms. The predicted octanol–water partition coefficient (Wildman–Crippen LogP) is 2.11. The molecule has 0 amide bonds. The van der Waals surface area contributed by atoms with Crippen LogP contribution in [0.15, 0.2) is 12.1 Å². The Morgan fingerprint density at radius 3 is 2.35 bits per heavy atom. The van der Waals surface area contributed by atoms with Crippen LogP contribution >= 0.6 is 7.60 Å². The Morgan fingerprint density at radius 1 is 1.08 bits per heavy atom. The highest BCUT2D eigenvalue weighted by atomic mass is 31.2. The van der Waals surface area contributed by atoms with Gasteiger partial charge in [0.25, 0.3) is 0 Å². The van der Waals surface area contributed by atoms with E-state index in [2.05, 4.69) is 47.7 Å². The second kappa shape index (κ2) is 7.61. The van der Waals surface area contributed by atoms with Gasteiger partial charge in [-0.25, -0.2) is 9.97 Å². The predicted molar refractivity (Wildman–Crippen MR) is 104 cm³/mol. The van der Waals surface area contributed by atoms with Gasteiger partial charge < -0.3 is 14.7 Å². The number of aromatic nitrogens is 2. The van der Waals surface area contributed by atoms with Crippen LogP contribution in [-0.4, -0.2) is 63.5 Å². The molecule has 7 nitrogen and oxygen atoms in total. The topological polar surface area (TPSA) is 89.8 Å². The molecule has 0 unspecified atom stereocenters. The van der Waals surface area contributed by atoms with Crippen LogP contribution in [0.25, 0.3) is 10.9 Å². The smallest absolute Gasteiger partial charge is 0.326 e. The minimum absolute atomic E-state index is 0.0815. The third-order valence-electron chi connectivity index (χ3n) is 5.03. The highest BCUT2D eigenvalue weighted by molar-refractivity contribution is 7.51. The van der Waals surface area contributed by atoms with Crippen LogP contribution in [0.5, 0.6) is 0 Å². The van der Waals surface area contributed by atoms with Gasteiger partial charge in [-0.3, -0.25) is 9.46 Å². The van der Waals surface area contributed by atoms with Crippen molar-refractivity contribution >= 4 is 24.3 Å². The Balaban J connectivity index is 1.82. The molecule has 26 heavy (non-hydrogen) atoms. The molecule has 3 rings (SSSR count). The van der Waals surface area contributed by atoms with Crippen molar-refractivity contribution in [3.8, 4) is 0 Å². The number of fused-ring (bicyclic) bond motifs is 1. The largest absolute Gasteiger partial charge is 0.353 e. The van der Waals surface area contributed by atoms with Crippen molar-refractivity contribution in [2.75, 3.05) is 43.8 Å². The van der Waals surface area contributed by atoms with Crippen LogP contribution in [0.4, 0.5) is 5.82 Å². The third-order valence-corrected chi connectivity index (χ3v) is 5.82. The molecule has 0 bridgehead atoms. The average Bonchev–Trinajstić information content (AvgIpc) is 2.60. The van der Waals surface area contributed by atoms with E-state index < -0.39 is 7.60 Å². The van der Waals surface area contributed by atoms with Gasteiger partial charge in [-0.05, 0) is 37.1 Å². The molecule has 142 valence electrons. The van der Waals surface area contributed by atoms with E-state index in [4.69, 9.17) is 14.8 Å². The molecule has 2 heterocycles. The maximum absolute atomic E-state index is 11.1. The lowest BCUT2D eigenvalue weighted by molar-refractivity contribution is 0.264. The summed E-state index contributed by atoms with van der Waals surface area (Å²) in [7, 11) is -3.94. The molecule has 0 aliphatic carbocycles. The summed E-state index contributed by atoms with van der Waals surface area (Å²) in [6.07, 6.45) is 0.708. The van der Waals surface area contributed by atoms with Crippen LogP contribution in [0.3, 0.4) is 0 Å². The monoisotopic (exact) mass is 378 g/mol. The molecule has 0 saturated carbocycles. The highest BCUT2D eigenvalue weighted by Gasteiger charge is 2.23. The van der Waals surface area contributed by atoms with E-state index in [9.17, 15) is 4.57 Å². The number of benzene rings is 1. The summed E-state index contributed by atoms with van der Waals surface area (Å²) in [4.78, 5) is 32.0. The number of aryl methyl sites for hydroxylation is 3. The highest BCUT2D eigenvalue weighted by Crippen LogP contribution is 2.34. The van der Waals surface area contributed by atoms with Crippen LogP contribution < -0.4 is 4.90 Å². The van der Waals surface area contributed by atoms with Crippen molar-refractivity contribution in [2.45, 2.75) is 27.2 Å². The Bertz CT molecular complexity index is 844. The normalized spacial score (nSPS) is 16.4. The Morgan fingerprint density at radius 2 is 1.73 bits per heavy atom. The minimum Gasteiger partial charge on any atom is -0.353 e. The van der Waals surface area contributed by atoms with Crippen molar-refractivity contribution in [2.24, 2.45) is 0 Å². The van der Waals surface area contributed by atoms with Gasteiger partial charge in [0.2, 0.25) is 0 Å². The summed E-state index contributed by atoms with van der Waals surface area (Å²) < 4.78 is 11.1. The molecule has 0 spiro atoms. The van der Waals surface area contributed by atoms with Crippen molar-refractivity contribution in [1.29, 1.82) is 0 Å². The van der Waals surface area contributed by atoms with Crippen molar-refractivity contribution in [3.05, 3.63) is 29.1 Å². The van der Waals surface area contributed by atoms with Gasteiger partial charge in [-0.1, -0.05) is 6.92 Å². The van der Waals surface area contributed by atoms with Gasteiger partial charge >= 0.3 is 7.60 Å². The summed E-state index contributed by atoms with van der Waals surface area (Å²) in [5, 5.41) is 1.08. The first-order valence-electron chi connectivity index (χ1n) is 9.06. The Kier molecular flexibility index (Phi) is 5.63. The summed E-state index contributed by atoms with van der Waals surface area (Å²) in [6, 6.07) is 4.30. The first kappa shape index (κ1) is 19.2. The maximum Gasteiger partial charge on any atom is 0.326 e. The number of hydrogen-bond donors (Lipinski definition) is 2. The Labute approximate surface area is 154 Å². The maximum atomic E-state index is 11.1. The average molecular weight is 378 g/mol. The fraction of sp³-hybridized carbons (Fsp3) is 0.556. The van der Waals surface area contributed by atoms with E-state index in [-0.39, 0.29) is 6.16 Å². The number of hydrogen-bond acceptors (Lipinski definition) is 5. The molecule has 0 radical (unpaired) electrons. The standard InChI is InChI=1S/C18H27N4O3P/c1-4-17-19-16-12-14(3)13(2)11-15(16)18(20-17)22-7-5-21(6-8-22)9-10-26(23,24)25/h11-12H,4-10H2,1-3H3,(H2,23,24,25). The van der Waals surface area contributed by atoms with Crippen molar-refractivity contribution < 1.29 is 14.4 Å². The van der Waals surface area contributed by atoms with Crippen LogP contribution in [0.1, 0.15) is 23.9 Å². The molecule has 1 aromatic heterocycles. The van der Waals surface area contributed by atoms with E-state index in [1.54, 1.807) is 0 Å². The van der Waals surface area contributed by atoms with Gasteiger partial charge in [0.05, 0.1) is 11.7 Å². The fourth-order valence-electron chi connectivity index (χ4n) is 3.27. The number of rotatable bonds is 5. The summed E-state index contributed by atoms with van der Waals surface area (Å²) in [5.41, 5.74) is 3.44. The number of piperazine rings is 1. The SMILES string of the molecule is CCc1nc(N2CCN(CCP(=O)(O)O)CC2)c2cc(C)c(C)cc2n1. The molecular formula is C18H27N4O3P. The second-order valence-electron chi connectivity index (χ2n) is 6.99. The van der Waals surface area contributed by atoms with Gasteiger partial charge in [0.15, 0.2) is 0 Å². The first-order valence-corrected chi connectivity index (χ1v) is 10.9. The van der Waals surface area contributed by atoms with Crippen molar-refractivity contribution in [1.82, 2.24) is 14.9 Å². The molecule has 2 aromatic rings. The summed E-state index contributed by atoms with van der Waals surface area (Å²) in [5.74, 6) is 1.82. The number of nitrogens with zero attached hydrogens (tertiary/aromatic N) is 4. The van der Waals surface area contributed by atoms with E-state index in [0.29, 0.717) is 6.54 Å². The molecule has 1 aliphatic rings. The Hall–Kier alpha value is -1.53. The molecule has 0 atom stereocenters. The summed E-state index contributed by atoms with van der Waals surface area (Å²) >= 11 is 0. The van der Waals surface area contributed by atoms with Crippen LogP contribution in [0.2, 0.25) is 0 Å². The zero-order chi connectivity index (χ0) is 18.9. The van der Waals surface area contributed by atoms with Gasteiger partial charge in [0.1, 0.15) is 11.6 Å². The van der Waals surface area contributed by atoms with E-state index in [1.165, 1.54) is 11.1 Å². The lowest BCUT2D eigenvalue weighted by Crippen LogP contribution is -2.47.